The third-order valence-corrected chi connectivity index (χ3v) is 4.41. The number of anilines is 1. The van der Waals surface area contributed by atoms with Crippen molar-refractivity contribution in [2.45, 2.75) is 12.8 Å². The van der Waals surface area contributed by atoms with Crippen molar-refractivity contribution in [3.63, 3.8) is 0 Å². The van der Waals surface area contributed by atoms with Crippen molar-refractivity contribution in [3.05, 3.63) is 48.4 Å². The lowest BCUT2D eigenvalue weighted by atomic mass is 9.99. The molecule has 3 heterocycles. The zero-order valence-corrected chi connectivity index (χ0v) is 13.1. The highest BCUT2D eigenvalue weighted by atomic mass is 19.1. The second kappa shape index (κ2) is 5.93. The first-order valence-corrected chi connectivity index (χ1v) is 8.00. The Bertz CT molecular complexity index is 909. The molecular formula is C18H16FN5. The maximum atomic E-state index is 13.2. The molecule has 1 aliphatic heterocycles. The molecule has 120 valence electrons. The molecule has 0 saturated carbocycles. The zero-order chi connectivity index (χ0) is 16.5. The molecule has 0 bridgehead atoms. The number of nitriles is 1. The van der Waals surface area contributed by atoms with Crippen LogP contribution in [0.3, 0.4) is 0 Å². The van der Waals surface area contributed by atoms with Crippen molar-refractivity contribution < 1.29 is 4.39 Å². The largest absolute Gasteiger partial charge is 0.355 e. The fourth-order valence-corrected chi connectivity index (χ4v) is 3.18. The number of halogens is 1. The van der Waals surface area contributed by atoms with Gasteiger partial charge in [0.25, 0.3) is 0 Å². The molecule has 1 fully saturated rings. The van der Waals surface area contributed by atoms with Crippen LogP contribution < -0.4 is 4.90 Å². The summed E-state index contributed by atoms with van der Waals surface area (Å²) in [5, 5.41) is 13.6. The summed E-state index contributed by atoms with van der Waals surface area (Å²) in [6.07, 6.45) is 3.63. The molecule has 1 aliphatic rings. The number of piperidine rings is 1. The number of rotatable bonds is 2. The van der Waals surface area contributed by atoms with Gasteiger partial charge in [0, 0.05) is 30.8 Å². The topological polar surface area (TPSA) is 57.2 Å². The van der Waals surface area contributed by atoms with Gasteiger partial charge in [-0.2, -0.15) is 14.9 Å². The molecule has 0 N–H and O–H groups in total. The Hall–Kier alpha value is -2.94. The molecule has 0 unspecified atom stereocenters. The molecule has 1 atom stereocenters. The molecule has 0 spiro atoms. The van der Waals surface area contributed by atoms with Crippen molar-refractivity contribution in [2.75, 3.05) is 18.0 Å². The zero-order valence-electron chi connectivity index (χ0n) is 13.1. The second-order valence-electron chi connectivity index (χ2n) is 6.02. The average molecular weight is 321 g/mol. The van der Waals surface area contributed by atoms with Crippen LogP contribution in [0.4, 0.5) is 10.2 Å². The molecule has 0 aliphatic carbocycles. The normalized spacial score (nSPS) is 17.8. The van der Waals surface area contributed by atoms with E-state index in [0.29, 0.717) is 6.54 Å². The van der Waals surface area contributed by atoms with Crippen molar-refractivity contribution in [2.24, 2.45) is 5.92 Å². The van der Waals surface area contributed by atoms with E-state index in [2.05, 4.69) is 21.1 Å². The maximum absolute atomic E-state index is 13.2. The van der Waals surface area contributed by atoms with E-state index in [9.17, 15) is 9.65 Å². The second-order valence-corrected chi connectivity index (χ2v) is 6.02. The minimum absolute atomic E-state index is 0.0341. The molecule has 3 aromatic rings. The molecule has 0 amide bonds. The Morgan fingerprint density at radius 2 is 2.04 bits per heavy atom. The van der Waals surface area contributed by atoms with E-state index in [1.165, 1.54) is 12.1 Å². The molecular weight excluding hydrogens is 305 g/mol. The summed E-state index contributed by atoms with van der Waals surface area (Å²) in [7, 11) is 0. The van der Waals surface area contributed by atoms with E-state index in [4.69, 9.17) is 0 Å². The lowest BCUT2D eigenvalue weighted by Crippen LogP contribution is -2.36. The molecule has 5 nitrogen and oxygen atoms in total. The summed E-state index contributed by atoms with van der Waals surface area (Å²) in [5.74, 6) is 0.688. The molecule has 6 heteroatoms. The SMILES string of the molecule is N#C[C@H]1CCCN(c2cc(-c3ccc(F)cc3)nc3ccnn23)C1. The van der Waals surface area contributed by atoms with Gasteiger partial charge in [-0.25, -0.2) is 9.37 Å². The minimum Gasteiger partial charge on any atom is -0.355 e. The molecule has 2 aromatic heterocycles. The van der Waals surface area contributed by atoms with Crippen LogP contribution in [-0.2, 0) is 0 Å². The molecule has 24 heavy (non-hydrogen) atoms. The Morgan fingerprint density at radius 3 is 2.83 bits per heavy atom. The summed E-state index contributed by atoms with van der Waals surface area (Å²) >= 11 is 0. The van der Waals surface area contributed by atoms with Crippen LogP contribution in [-0.4, -0.2) is 27.7 Å². The van der Waals surface area contributed by atoms with E-state index in [1.54, 1.807) is 22.8 Å². The van der Waals surface area contributed by atoms with E-state index in [-0.39, 0.29) is 11.7 Å². The van der Waals surface area contributed by atoms with Gasteiger partial charge in [0.05, 0.1) is 23.9 Å². The fraction of sp³-hybridized carbons (Fsp3) is 0.278. The fourth-order valence-electron chi connectivity index (χ4n) is 3.18. The third-order valence-electron chi connectivity index (χ3n) is 4.41. The van der Waals surface area contributed by atoms with Gasteiger partial charge in [-0.15, -0.1) is 0 Å². The van der Waals surface area contributed by atoms with Crippen LogP contribution in [0.5, 0.6) is 0 Å². The van der Waals surface area contributed by atoms with Crippen LogP contribution in [0.15, 0.2) is 42.6 Å². The predicted octanol–water partition coefficient (Wildman–Crippen LogP) is 3.28. The summed E-state index contributed by atoms with van der Waals surface area (Å²) < 4.78 is 15.0. The summed E-state index contributed by atoms with van der Waals surface area (Å²) in [5.41, 5.74) is 2.37. The van der Waals surface area contributed by atoms with Gasteiger partial charge in [-0.1, -0.05) is 0 Å². The van der Waals surface area contributed by atoms with Crippen molar-refractivity contribution in [1.82, 2.24) is 14.6 Å². The van der Waals surface area contributed by atoms with Crippen LogP contribution in [0.25, 0.3) is 16.9 Å². The van der Waals surface area contributed by atoms with Gasteiger partial charge in [-0.3, -0.25) is 0 Å². The first kappa shape index (κ1) is 14.6. The van der Waals surface area contributed by atoms with E-state index < -0.39 is 0 Å². The van der Waals surface area contributed by atoms with Crippen LogP contribution in [0.1, 0.15) is 12.8 Å². The Labute approximate surface area is 139 Å². The lowest BCUT2D eigenvalue weighted by Gasteiger charge is -2.31. The highest BCUT2D eigenvalue weighted by Crippen LogP contribution is 2.27. The monoisotopic (exact) mass is 321 g/mol. The average Bonchev–Trinajstić information content (AvgIpc) is 3.10. The number of hydrogen-bond donors (Lipinski definition) is 0. The van der Waals surface area contributed by atoms with Crippen molar-refractivity contribution in [1.29, 1.82) is 5.26 Å². The maximum Gasteiger partial charge on any atom is 0.157 e. The van der Waals surface area contributed by atoms with Gasteiger partial charge in [0.15, 0.2) is 5.65 Å². The first-order chi connectivity index (χ1) is 11.7. The number of fused-ring (bicyclic) bond motifs is 1. The summed E-state index contributed by atoms with van der Waals surface area (Å²) in [4.78, 5) is 6.80. The standard InChI is InChI=1S/C18H16FN5/c19-15-5-3-14(4-6-15)16-10-18(24-17(22-16)7-8-21-24)23-9-1-2-13(11-20)12-23/h3-8,10,13H,1-2,9,12H2/t13-/m1/s1. The van der Waals surface area contributed by atoms with Crippen LogP contribution in [0.2, 0.25) is 0 Å². The predicted molar refractivity (Wildman–Crippen MR) is 88.9 cm³/mol. The summed E-state index contributed by atoms with van der Waals surface area (Å²) in [6, 6.07) is 12.5. The molecule has 0 radical (unpaired) electrons. The minimum atomic E-state index is -0.266. The van der Waals surface area contributed by atoms with E-state index in [1.807, 2.05) is 12.1 Å². The molecule has 1 aromatic carbocycles. The molecule has 4 rings (SSSR count). The number of hydrogen-bond acceptors (Lipinski definition) is 4. The number of nitrogens with zero attached hydrogens (tertiary/aromatic N) is 5. The number of benzene rings is 1. The van der Waals surface area contributed by atoms with Crippen LogP contribution >= 0.6 is 0 Å². The Morgan fingerprint density at radius 1 is 1.21 bits per heavy atom. The van der Waals surface area contributed by atoms with Gasteiger partial charge in [0.2, 0.25) is 0 Å². The highest BCUT2D eigenvalue weighted by Gasteiger charge is 2.22. The van der Waals surface area contributed by atoms with Gasteiger partial charge < -0.3 is 4.90 Å². The summed E-state index contributed by atoms with van der Waals surface area (Å²) in [6.45, 7) is 1.58. The Kier molecular flexibility index (Phi) is 3.62. The smallest absolute Gasteiger partial charge is 0.157 e. The highest BCUT2D eigenvalue weighted by molar-refractivity contribution is 5.67. The van der Waals surface area contributed by atoms with Crippen molar-refractivity contribution in [3.8, 4) is 17.3 Å². The quantitative estimate of drug-likeness (QED) is 0.727. The van der Waals surface area contributed by atoms with Gasteiger partial charge >= 0.3 is 0 Å². The van der Waals surface area contributed by atoms with Gasteiger partial charge in [-0.05, 0) is 37.1 Å². The third kappa shape index (κ3) is 2.58. The Balaban J connectivity index is 1.81. The van der Waals surface area contributed by atoms with E-state index in [0.717, 1.165) is 42.1 Å². The van der Waals surface area contributed by atoms with Gasteiger partial charge in [0.1, 0.15) is 11.6 Å². The van der Waals surface area contributed by atoms with E-state index >= 15 is 0 Å². The van der Waals surface area contributed by atoms with Crippen LogP contribution in [0, 0.1) is 23.1 Å². The number of aromatic nitrogens is 3. The first-order valence-electron chi connectivity index (χ1n) is 8.00. The van der Waals surface area contributed by atoms with Crippen molar-refractivity contribution >= 4 is 11.5 Å². The molecule has 1 saturated heterocycles. The lowest BCUT2D eigenvalue weighted by molar-refractivity contribution is 0.488.